The van der Waals surface area contributed by atoms with Gasteiger partial charge in [-0.1, -0.05) is 103 Å². The highest BCUT2D eigenvalue weighted by atomic mass is 35.5. The van der Waals surface area contributed by atoms with E-state index in [-0.39, 0.29) is 0 Å². The summed E-state index contributed by atoms with van der Waals surface area (Å²) in [7, 11) is 3.17. The van der Waals surface area contributed by atoms with Gasteiger partial charge < -0.3 is 14.6 Å². The molecule has 0 saturated carbocycles. The Morgan fingerprint density at radius 3 is 2.23 bits per heavy atom. The number of hydrogen-bond donors (Lipinski definition) is 1. The average molecular weight is 536 g/mol. The van der Waals surface area contributed by atoms with E-state index in [1.165, 1.54) is 0 Å². The highest BCUT2D eigenvalue weighted by molar-refractivity contribution is 6.30. The molecule has 4 aromatic carbocycles. The van der Waals surface area contributed by atoms with Crippen LogP contribution in [-0.2, 0) is 5.60 Å². The molecule has 0 radical (unpaired) electrons. The molecular formula is C34H30ClNO3. The molecule has 0 bridgehead atoms. The third-order valence-electron chi connectivity index (χ3n) is 7.16. The summed E-state index contributed by atoms with van der Waals surface area (Å²) in [5.41, 5.74) is 2.72. The standard InChI is InChI=1S/C34H30ClNO3/c1-4-21-34(37,30-16-10-14-23-11-8-9-15-27(23)30)31(25-12-6-5-7-13-25)29-22-28(24-17-19-26(35)20-18-24)32(38-2)36-33(29)39-3/h4-20,22,31,37H,1,21H2,2-3H3. The fourth-order valence-electron chi connectivity index (χ4n) is 5.42. The van der Waals surface area contributed by atoms with Gasteiger partial charge in [0.25, 0.3) is 0 Å². The summed E-state index contributed by atoms with van der Waals surface area (Å²) in [4.78, 5) is 4.77. The molecule has 4 nitrogen and oxygen atoms in total. The molecule has 2 atom stereocenters. The molecule has 0 amide bonds. The summed E-state index contributed by atoms with van der Waals surface area (Å²) in [5.74, 6) is 0.241. The van der Waals surface area contributed by atoms with Crippen LogP contribution in [0.25, 0.3) is 21.9 Å². The van der Waals surface area contributed by atoms with Crippen LogP contribution in [0.5, 0.6) is 11.8 Å². The first-order valence-electron chi connectivity index (χ1n) is 12.8. The van der Waals surface area contributed by atoms with E-state index in [4.69, 9.17) is 26.1 Å². The lowest BCUT2D eigenvalue weighted by Crippen LogP contribution is -2.34. The van der Waals surface area contributed by atoms with E-state index in [0.29, 0.717) is 23.2 Å². The first-order chi connectivity index (χ1) is 19.0. The normalized spacial score (nSPS) is 13.4. The van der Waals surface area contributed by atoms with Crippen molar-refractivity contribution in [2.75, 3.05) is 14.2 Å². The van der Waals surface area contributed by atoms with Gasteiger partial charge in [0, 0.05) is 22.1 Å². The van der Waals surface area contributed by atoms with Crippen molar-refractivity contribution in [3.63, 3.8) is 0 Å². The minimum Gasteiger partial charge on any atom is -0.481 e. The van der Waals surface area contributed by atoms with E-state index in [1.54, 1.807) is 20.3 Å². The molecule has 0 aliphatic heterocycles. The molecule has 39 heavy (non-hydrogen) atoms. The second kappa shape index (κ2) is 11.3. The quantitative estimate of drug-likeness (QED) is 0.193. The Balaban J connectivity index is 1.84. The Labute approximate surface area is 234 Å². The Kier molecular flexibility index (Phi) is 7.69. The lowest BCUT2D eigenvalue weighted by atomic mass is 9.70. The number of fused-ring (bicyclic) bond motifs is 1. The van der Waals surface area contributed by atoms with Crippen LogP contribution in [0.3, 0.4) is 0 Å². The minimum absolute atomic E-state index is 0.298. The molecule has 2 unspecified atom stereocenters. The van der Waals surface area contributed by atoms with E-state index in [0.717, 1.165) is 38.6 Å². The fraction of sp³-hybridized carbons (Fsp3) is 0.147. The smallest absolute Gasteiger partial charge is 0.224 e. The molecule has 5 rings (SSSR count). The molecule has 0 spiro atoms. The predicted molar refractivity (Wildman–Crippen MR) is 159 cm³/mol. The van der Waals surface area contributed by atoms with Gasteiger partial charge >= 0.3 is 0 Å². The number of hydrogen-bond acceptors (Lipinski definition) is 4. The van der Waals surface area contributed by atoms with Crippen LogP contribution in [0.2, 0.25) is 5.02 Å². The highest BCUT2D eigenvalue weighted by Gasteiger charge is 2.42. The predicted octanol–water partition coefficient (Wildman–Crippen LogP) is 8.17. The Bertz CT molecular complexity index is 1600. The lowest BCUT2D eigenvalue weighted by Gasteiger charge is -2.38. The van der Waals surface area contributed by atoms with Crippen LogP contribution < -0.4 is 9.47 Å². The van der Waals surface area contributed by atoms with Gasteiger partial charge in [0.15, 0.2) is 0 Å². The number of ether oxygens (including phenoxy) is 2. The number of nitrogens with zero attached hydrogens (tertiary/aromatic N) is 1. The van der Waals surface area contributed by atoms with E-state index < -0.39 is 11.5 Å². The van der Waals surface area contributed by atoms with Crippen LogP contribution in [0, 0.1) is 0 Å². The van der Waals surface area contributed by atoms with Gasteiger partial charge in [-0.2, -0.15) is 4.98 Å². The molecule has 196 valence electrons. The summed E-state index contributed by atoms with van der Waals surface area (Å²) in [5, 5.41) is 15.5. The van der Waals surface area contributed by atoms with E-state index in [2.05, 4.69) is 18.7 Å². The highest BCUT2D eigenvalue weighted by Crippen LogP contribution is 2.50. The molecule has 5 aromatic rings. The summed E-state index contributed by atoms with van der Waals surface area (Å²) in [6.07, 6.45) is 2.06. The SMILES string of the molecule is C=CCC(O)(c1cccc2ccccc12)C(c1ccccc1)c1cc(-c2ccc(Cl)cc2)c(OC)nc1OC. The Hall–Kier alpha value is -4.12. The van der Waals surface area contributed by atoms with Crippen molar-refractivity contribution >= 4 is 22.4 Å². The third-order valence-corrected chi connectivity index (χ3v) is 7.41. The van der Waals surface area contributed by atoms with Crippen molar-refractivity contribution in [1.82, 2.24) is 4.98 Å². The number of halogens is 1. The largest absolute Gasteiger partial charge is 0.481 e. The van der Waals surface area contributed by atoms with E-state index in [9.17, 15) is 5.11 Å². The van der Waals surface area contributed by atoms with Crippen molar-refractivity contribution in [1.29, 1.82) is 0 Å². The molecule has 1 aromatic heterocycles. The van der Waals surface area contributed by atoms with Gasteiger partial charge in [-0.05, 0) is 52.1 Å². The molecule has 0 fully saturated rings. The number of rotatable bonds is 9. The monoisotopic (exact) mass is 535 g/mol. The summed E-state index contributed by atoms with van der Waals surface area (Å²) in [6.45, 7) is 4.02. The fourth-order valence-corrected chi connectivity index (χ4v) is 5.55. The van der Waals surface area contributed by atoms with Gasteiger partial charge in [0.05, 0.1) is 14.2 Å². The molecule has 0 aliphatic carbocycles. The Morgan fingerprint density at radius 2 is 1.54 bits per heavy atom. The third kappa shape index (κ3) is 5.01. The number of aliphatic hydroxyl groups is 1. The molecule has 1 N–H and O–H groups in total. The van der Waals surface area contributed by atoms with Crippen molar-refractivity contribution < 1.29 is 14.6 Å². The zero-order valence-electron chi connectivity index (χ0n) is 22.0. The number of aromatic nitrogens is 1. The maximum atomic E-state index is 12.9. The maximum absolute atomic E-state index is 12.9. The number of benzene rings is 4. The van der Waals surface area contributed by atoms with Crippen LogP contribution in [0.15, 0.2) is 116 Å². The lowest BCUT2D eigenvalue weighted by molar-refractivity contribution is 0.0228. The topological polar surface area (TPSA) is 51.6 Å². The molecule has 1 heterocycles. The summed E-state index contributed by atoms with van der Waals surface area (Å²) >= 11 is 6.18. The first kappa shape index (κ1) is 26.5. The van der Waals surface area contributed by atoms with E-state index >= 15 is 0 Å². The number of pyridine rings is 1. The van der Waals surface area contributed by atoms with Gasteiger partial charge in [0.2, 0.25) is 11.8 Å². The van der Waals surface area contributed by atoms with Crippen LogP contribution in [0.1, 0.15) is 29.0 Å². The average Bonchev–Trinajstić information content (AvgIpc) is 2.98. The van der Waals surface area contributed by atoms with Gasteiger partial charge in [-0.15, -0.1) is 6.58 Å². The van der Waals surface area contributed by atoms with Crippen molar-refractivity contribution in [2.24, 2.45) is 0 Å². The van der Waals surface area contributed by atoms with Crippen LogP contribution in [-0.4, -0.2) is 24.3 Å². The second-order valence-electron chi connectivity index (χ2n) is 9.44. The molecule has 5 heteroatoms. The second-order valence-corrected chi connectivity index (χ2v) is 9.87. The van der Waals surface area contributed by atoms with Crippen molar-refractivity contribution in [2.45, 2.75) is 17.9 Å². The van der Waals surface area contributed by atoms with Gasteiger partial charge in [-0.3, -0.25) is 0 Å². The first-order valence-corrected chi connectivity index (χ1v) is 13.1. The molecule has 0 aliphatic rings. The zero-order valence-corrected chi connectivity index (χ0v) is 22.7. The zero-order chi connectivity index (χ0) is 27.4. The maximum Gasteiger partial charge on any atom is 0.224 e. The van der Waals surface area contributed by atoms with Crippen LogP contribution >= 0.6 is 11.6 Å². The van der Waals surface area contributed by atoms with Gasteiger partial charge in [0.1, 0.15) is 5.60 Å². The van der Waals surface area contributed by atoms with Crippen molar-refractivity contribution in [3.05, 3.63) is 137 Å². The van der Waals surface area contributed by atoms with E-state index in [1.807, 2.05) is 91.0 Å². The number of methoxy groups -OCH3 is 2. The molecule has 0 saturated heterocycles. The summed E-state index contributed by atoms with van der Waals surface area (Å²) in [6, 6.07) is 33.6. The summed E-state index contributed by atoms with van der Waals surface area (Å²) < 4.78 is 11.5. The Morgan fingerprint density at radius 1 is 0.872 bits per heavy atom. The van der Waals surface area contributed by atoms with Crippen LogP contribution in [0.4, 0.5) is 0 Å². The van der Waals surface area contributed by atoms with Gasteiger partial charge in [-0.25, -0.2) is 0 Å². The molecular weight excluding hydrogens is 506 g/mol. The van der Waals surface area contributed by atoms with Crippen molar-refractivity contribution in [3.8, 4) is 22.9 Å². The minimum atomic E-state index is -1.38.